The summed E-state index contributed by atoms with van der Waals surface area (Å²) in [6, 6.07) is 6.61. The molecule has 0 radical (unpaired) electrons. The monoisotopic (exact) mass is 278 g/mol. The van der Waals surface area contributed by atoms with Crippen LogP contribution in [0.1, 0.15) is 12.0 Å². The summed E-state index contributed by atoms with van der Waals surface area (Å²) in [4.78, 5) is 6.28. The first kappa shape index (κ1) is 14.8. The van der Waals surface area contributed by atoms with Crippen molar-refractivity contribution in [1.29, 1.82) is 0 Å². The number of benzene rings is 1. The van der Waals surface area contributed by atoms with Crippen molar-refractivity contribution in [1.82, 2.24) is 9.88 Å². The molecule has 0 aliphatic carbocycles. The van der Waals surface area contributed by atoms with Gasteiger partial charge in [-0.25, -0.2) is 4.39 Å². The summed E-state index contributed by atoms with van der Waals surface area (Å²) in [6.07, 6.45) is 2.29. The fraction of sp³-hybridized carbons (Fsp3) is 0.400. The fourth-order valence-corrected chi connectivity index (χ4v) is 2.27. The van der Waals surface area contributed by atoms with E-state index in [1.807, 2.05) is 4.90 Å². The lowest BCUT2D eigenvalue weighted by atomic mass is 10.1. The molecule has 1 aromatic heterocycles. The van der Waals surface area contributed by atoms with Gasteiger partial charge in [-0.05, 0) is 30.2 Å². The SMILES string of the molecule is OCCCN(CCO)Cc1ccc(F)c2cccnc12. The number of aliphatic hydroxyl groups excluding tert-OH is 2. The van der Waals surface area contributed by atoms with Gasteiger partial charge in [-0.1, -0.05) is 6.07 Å². The molecule has 108 valence electrons. The highest BCUT2D eigenvalue weighted by Crippen LogP contribution is 2.21. The molecule has 5 heteroatoms. The number of rotatable bonds is 7. The summed E-state index contributed by atoms with van der Waals surface area (Å²) in [7, 11) is 0. The van der Waals surface area contributed by atoms with Crippen LogP contribution in [0.2, 0.25) is 0 Å². The molecule has 2 rings (SSSR count). The quantitative estimate of drug-likeness (QED) is 0.807. The third-order valence-corrected chi connectivity index (χ3v) is 3.24. The van der Waals surface area contributed by atoms with E-state index in [2.05, 4.69) is 4.98 Å². The van der Waals surface area contributed by atoms with Gasteiger partial charge in [0.25, 0.3) is 0 Å². The summed E-state index contributed by atoms with van der Waals surface area (Å²) in [5.41, 5.74) is 1.58. The number of pyridine rings is 1. The van der Waals surface area contributed by atoms with Crippen LogP contribution in [-0.2, 0) is 6.54 Å². The molecule has 0 bridgehead atoms. The predicted octanol–water partition coefficient (Wildman–Crippen LogP) is 1.55. The number of halogens is 1. The van der Waals surface area contributed by atoms with Crippen molar-refractivity contribution in [2.45, 2.75) is 13.0 Å². The van der Waals surface area contributed by atoms with Crippen LogP contribution in [0.4, 0.5) is 4.39 Å². The van der Waals surface area contributed by atoms with Gasteiger partial charge in [0.2, 0.25) is 0 Å². The van der Waals surface area contributed by atoms with Crippen molar-refractivity contribution < 1.29 is 14.6 Å². The Kier molecular flexibility index (Phi) is 5.40. The van der Waals surface area contributed by atoms with Gasteiger partial charge in [0.1, 0.15) is 5.82 Å². The minimum Gasteiger partial charge on any atom is -0.396 e. The molecule has 0 spiro atoms. The zero-order valence-corrected chi connectivity index (χ0v) is 11.3. The Balaban J connectivity index is 2.25. The number of aliphatic hydroxyl groups is 2. The van der Waals surface area contributed by atoms with E-state index in [4.69, 9.17) is 10.2 Å². The Morgan fingerprint density at radius 1 is 1.10 bits per heavy atom. The molecule has 0 atom stereocenters. The molecule has 2 N–H and O–H groups in total. The lowest BCUT2D eigenvalue weighted by molar-refractivity contribution is 0.174. The Labute approximate surface area is 117 Å². The molecule has 1 heterocycles. The van der Waals surface area contributed by atoms with Gasteiger partial charge in [-0.2, -0.15) is 0 Å². The first-order chi connectivity index (χ1) is 9.76. The van der Waals surface area contributed by atoms with Gasteiger partial charge in [-0.15, -0.1) is 0 Å². The van der Waals surface area contributed by atoms with Gasteiger partial charge < -0.3 is 10.2 Å². The van der Waals surface area contributed by atoms with Gasteiger partial charge in [0.05, 0.1) is 12.1 Å². The molecule has 0 amide bonds. The van der Waals surface area contributed by atoms with Gasteiger partial charge >= 0.3 is 0 Å². The maximum atomic E-state index is 13.7. The Morgan fingerprint density at radius 3 is 2.70 bits per heavy atom. The zero-order valence-electron chi connectivity index (χ0n) is 11.3. The van der Waals surface area contributed by atoms with Crippen LogP contribution in [0.5, 0.6) is 0 Å². The molecule has 0 saturated carbocycles. The number of hydrogen-bond acceptors (Lipinski definition) is 4. The number of hydrogen-bond donors (Lipinski definition) is 2. The molecule has 4 nitrogen and oxygen atoms in total. The predicted molar refractivity (Wildman–Crippen MR) is 75.8 cm³/mol. The average Bonchev–Trinajstić information content (AvgIpc) is 2.48. The largest absolute Gasteiger partial charge is 0.396 e. The topological polar surface area (TPSA) is 56.6 Å². The van der Waals surface area contributed by atoms with Gasteiger partial charge in [0.15, 0.2) is 0 Å². The van der Waals surface area contributed by atoms with Crippen molar-refractivity contribution in [3.8, 4) is 0 Å². The van der Waals surface area contributed by atoms with E-state index in [1.54, 1.807) is 24.4 Å². The molecule has 1 aromatic carbocycles. The second-order valence-corrected chi connectivity index (χ2v) is 4.68. The van der Waals surface area contributed by atoms with E-state index in [9.17, 15) is 4.39 Å². The summed E-state index contributed by atoms with van der Waals surface area (Å²) in [5.74, 6) is -0.277. The lowest BCUT2D eigenvalue weighted by Crippen LogP contribution is -2.28. The number of nitrogens with zero attached hydrogens (tertiary/aromatic N) is 2. The molecule has 0 saturated heterocycles. The first-order valence-corrected chi connectivity index (χ1v) is 6.72. The van der Waals surface area contributed by atoms with Crippen LogP contribution in [0, 0.1) is 5.82 Å². The molecular weight excluding hydrogens is 259 g/mol. The molecule has 0 aliphatic rings. The van der Waals surface area contributed by atoms with Crippen LogP contribution in [0.3, 0.4) is 0 Å². The van der Waals surface area contributed by atoms with Crippen molar-refractivity contribution in [2.24, 2.45) is 0 Å². The normalized spacial score (nSPS) is 11.4. The maximum Gasteiger partial charge on any atom is 0.132 e. The van der Waals surface area contributed by atoms with Gasteiger partial charge in [0, 0.05) is 37.8 Å². The minimum absolute atomic E-state index is 0.0536. The third kappa shape index (κ3) is 3.50. The highest BCUT2D eigenvalue weighted by atomic mass is 19.1. The summed E-state index contributed by atoms with van der Waals surface area (Å²) >= 11 is 0. The van der Waals surface area contributed by atoms with E-state index in [1.165, 1.54) is 6.07 Å². The molecule has 0 aliphatic heterocycles. The maximum absolute atomic E-state index is 13.7. The van der Waals surface area contributed by atoms with Crippen LogP contribution in [0.15, 0.2) is 30.5 Å². The number of aromatic nitrogens is 1. The standard InChI is InChI=1S/C15H19FN2O2/c16-14-5-4-12(15-13(14)3-1-6-17-15)11-18(8-10-20)7-2-9-19/h1,3-6,19-20H,2,7-11H2. The molecule has 2 aromatic rings. The van der Waals surface area contributed by atoms with E-state index in [0.29, 0.717) is 37.0 Å². The molecule has 0 fully saturated rings. The smallest absolute Gasteiger partial charge is 0.132 e. The van der Waals surface area contributed by atoms with Crippen molar-refractivity contribution in [2.75, 3.05) is 26.3 Å². The molecule has 0 unspecified atom stereocenters. The average molecular weight is 278 g/mol. The van der Waals surface area contributed by atoms with E-state index in [0.717, 1.165) is 5.56 Å². The summed E-state index contributed by atoms with van der Waals surface area (Å²) in [5, 5.41) is 18.5. The van der Waals surface area contributed by atoms with Crippen molar-refractivity contribution in [3.63, 3.8) is 0 Å². The second kappa shape index (κ2) is 7.28. The van der Waals surface area contributed by atoms with E-state index >= 15 is 0 Å². The van der Waals surface area contributed by atoms with Crippen LogP contribution >= 0.6 is 0 Å². The third-order valence-electron chi connectivity index (χ3n) is 3.24. The van der Waals surface area contributed by atoms with Crippen molar-refractivity contribution >= 4 is 10.9 Å². The van der Waals surface area contributed by atoms with Gasteiger partial charge in [-0.3, -0.25) is 9.88 Å². The molecule has 20 heavy (non-hydrogen) atoms. The Morgan fingerprint density at radius 2 is 1.95 bits per heavy atom. The van der Waals surface area contributed by atoms with Crippen molar-refractivity contribution in [3.05, 3.63) is 41.8 Å². The van der Waals surface area contributed by atoms with Crippen LogP contribution in [-0.4, -0.2) is 46.4 Å². The Hall–Kier alpha value is -1.56. The molecular formula is C15H19FN2O2. The van der Waals surface area contributed by atoms with E-state index < -0.39 is 0 Å². The first-order valence-electron chi connectivity index (χ1n) is 6.72. The summed E-state index contributed by atoms with van der Waals surface area (Å²) in [6.45, 7) is 1.95. The second-order valence-electron chi connectivity index (χ2n) is 4.68. The highest BCUT2D eigenvalue weighted by Gasteiger charge is 2.11. The Bertz CT molecular complexity index is 563. The summed E-state index contributed by atoms with van der Waals surface area (Å²) < 4.78 is 13.7. The highest BCUT2D eigenvalue weighted by molar-refractivity contribution is 5.82. The van der Waals surface area contributed by atoms with Crippen LogP contribution < -0.4 is 0 Å². The lowest BCUT2D eigenvalue weighted by Gasteiger charge is -2.21. The zero-order chi connectivity index (χ0) is 14.4. The minimum atomic E-state index is -0.277. The number of fused-ring (bicyclic) bond motifs is 1. The van der Waals surface area contributed by atoms with Crippen LogP contribution in [0.25, 0.3) is 10.9 Å². The fourth-order valence-electron chi connectivity index (χ4n) is 2.27. The van der Waals surface area contributed by atoms with E-state index in [-0.39, 0.29) is 19.0 Å².